The summed E-state index contributed by atoms with van der Waals surface area (Å²) in [4.78, 5) is 12.1. The zero-order valence-electron chi connectivity index (χ0n) is 12.4. The van der Waals surface area contributed by atoms with Crippen LogP contribution in [0.15, 0.2) is 52.9 Å². The molecule has 0 radical (unpaired) electrons. The number of hydrogen-bond acceptors (Lipinski definition) is 5. The minimum absolute atomic E-state index is 0.0296. The smallest absolute Gasteiger partial charge is 0.262 e. The number of para-hydroxylation sites is 2. The highest BCUT2D eigenvalue weighted by Gasteiger charge is 2.16. The molecule has 3 rings (SSSR count). The van der Waals surface area contributed by atoms with Crippen LogP contribution in [0.5, 0.6) is 5.75 Å². The Bertz CT molecular complexity index is 993. The van der Waals surface area contributed by atoms with E-state index in [2.05, 4.69) is 5.32 Å². The minimum atomic E-state index is -0.453. The van der Waals surface area contributed by atoms with E-state index in [4.69, 9.17) is 19.7 Å². The molecule has 116 valence electrons. The lowest BCUT2D eigenvalue weighted by Crippen LogP contribution is -2.20. The number of nitriles is 2. The Hall–Kier alpha value is -3.77. The van der Waals surface area contributed by atoms with E-state index in [1.807, 2.05) is 12.1 Å². The van der Waals surface area contributed by atoms with Gasteiger partial charge in [0.05, 0.1) is 5.56 Å². The molecule has 0 fully saturated rings. The second-order valence-corrected chi connectivity index (χ2v) is 4.86. The largest absolute Gasteiger partial charge is 0.482 e. The number of amides is 1. The van der Waals surface area contributed by atoms with Crippen LogP contribution in [0, 0.1) is 22.7 Å². The van der Waals surface area contributed by atoms with E-state index in [1.54, 1.807) is 48.5 Å². The number of hydrogen-bond donors (Lipinski definition) is 1. The third-order valence-corrected chi connectivity index (χ3v) is 3.33. The number of fused-ring (bicyclic) bond motifs is 1. The van der Waals surface area contributed by atoms with Crippen molar-refractivity contribution in [2.24, 2.45) is 0 Å². The fourth-order valence-electron chi connectivity index (χ4n) is 2.25. The molecule has 1 aromatic heterocycles. The summed E-state index contributed by atoms with van der Waals surface area (Å²) in [7, 11) is 0. The Morgan fingerprint density at radius 1 is 1.08 bits per heavy atom. The third kappa shape index (κ3) is 2.90. The number of nitrogens with one attached hydrogen (secondary N) is 1. The first-order valence-electron chi connectivity index (χ1n) is 7.06. The number of rotatable bonds is 4. The zero-order chi connectivity index (χ0) is 16.9. The second kappa shape index (κ2) is 6.55. The molecular weight excluding hydrogens is 306 g/mol. The fourth-order valence-corrected chi connectivity index (χ4v) is 2.25. The maximum absolute atomic E-state index is 12.1. The van der Waals surface area contributed by atoms with Gasteiger partial charge in [0.1, 0.15) is 29.2 Å². The summed E-state index contributed by atoms with van der Waals surface area (Å²) in [6, 6.07) is 17.6. The van der Waals surface area contributed by atoms with Crippen molar-refractivity contribution in [3.8, 4) is 17.9 Å². The monoisotopic (exact) mass is 317 g/mol. The summed E-state index contributed by atoms with van der Waals surface area (Å²) in [5.41, 5.74) is 1.17. The SMILES string of the molecule is N#Cc1ccccc1OCC(=O)Nc1c(C#N)oc2ccccc12. The Kier molecular flexibility index (Phi) is 4.13. The molecule has 2 aromatic carbocycles. The fraction of sp³-hybridized carbons (Fsp3) is 0.0556. The number of furan rings is 1. The predicted octanol–water partition coefficient (Wildman–Crippen LogP) is 3.19. The Balaban J connectivity index is 1.76. The van der Waals surface area contributed by atoms with Crippen LogP contribution in [0.1, 0.15) is 11.3 Å². The molecule has 0 bridgehead atoms. The molecule has 0 aliphatic rings. The second-order valence-electron chi connectivity index (χ2n) is 4.86. The van der Waals surface area contributed by atoms with Crippen LogP contribution in [0.2, 0.25) is 0 Å². The van der Waals surface area contributed by atoms with E-state index in [-0.39, 0.29) is 12.4 Å². The number of carbonyl (C=O) groups excluding carboxylic acids is 1. The molecular formula is C18H11N3O3. The van der Waals surface area contributed by atoms with Crippen LogP contribution in [-0.2, 0) is 4.79 Å². The molecule has 6 heteroatoms. The van der Waals surface area contributed by atoms with E-state index in [9.17, 15) is 4.79 Å². The molecule has 0 aliphatic heterocycles. The number of nitrogens with zero attached hydrogens (tertiary/aromatic N) is 2. The molecule has 24 heavy (non-hydrogen) atoms. The van der Waals surface area contributed by atoms with Crippen LogP contribution < -0.4 is 10.1 Å². The highest BCUT2D eigenvalue weighted by molar-refractivity contribution is 6.03. The van der Waals surface area contributed by atoms with Crippen LogP contribution >= 0.6 is 0 Å². The number of benzene rings is 2. The molecule has 1 heterocycles. The number of anilines is 1. The van der Waals surface area contributed by atoms with Gasteiger partial charge in [0.15, 0.2) is 6.61 Å². The molecule has 6 nitrogen and oxygen atoms in total. The van der Waals surface area contributed by atoms with Crippen molar-refractivity contribution < 1.29 is 13.9 Å². The van der Waals surface area contributed by atoms with Crippen LogP contribution in [0.25, 0.3) is 11.0 Å². The molecule has 0 atom stereocenters. The van der Waals surface area contributed by atoms with E-state index in [0.29, 0.717) is 28.0 Å². The van der Waals surface area contributed by atoms with Crippen molar-refractivity contribution >= 4 is 22.6 Å². The summed E-state index contributed by atoms with van der Waals surface area (Å²) >= 11 is 0. The van der Waals surface area contributed by atoms with Gasteiger partial charge in [0.25, 0.3) is 5.91 Å². The van der Waals surface area contributed by atoms with Gasteiger partial charge in [-0.3, -0.25) is 4.79 Å². The molecule has 0 saturated heterocycles. The Morgan fingerprint density at radius 3 is 2.62 bits per heavy atom. The summed E-state index contributed by atoms with van der Waals surface area (Å²) in [6.45, 7) is -0.289. The summed E-state index contributed by atoms with van der Waals surface area (Å²) in [6.07, 6.45) is 0. The van der Waals surface area contributed by atoms with Crippen LogP contribution in [0.3, 0.4) is 0 Å². The van der Waals surface area contributed by atoms with Gasteiger partial charge in [-0.15, -0.1) is 0 Å². The maximum atomic E-state index is 12.1. The number of ether oxygens (including phenoxy) is 1. The maximum Gasteiger partial charge on any atom is 0.262 e. The highest BCUT2D eigenvalue weighted by Crippen LogP contribution is 2.30. The van der Waals surface area contributed by atoms with Crippen molar-refractivity contribution in [2.45, 2.75) is 0 Å². The number of carbonyl (C=O) groups is 1. The average Bonchev–Trinajstić information content (AvgIpc) is 2.98. The third-order valence-electron chi connectivity index (χ3n) is 3.33. The summed E-state index contributed by atoms with van der Waals surface area (Å²) in [5.74, 6) is -0.0968. The minimum Gasteiger partial charge on any atom is -0.482 e. The van der Waals surface area contributed by atoms with Gasteiger partial charge >= 0.3 is 0 Å². The van der Waals surface area contributed by atoms with Gasteiger partial charge in [0, 0.05) is 5.39 Å². The van der Waals surface area contributed by atoms with E-state index in [0.717, 1.165) is 0 Å². The van der Waals surface area contributed by atoms with E-state index < -0.39 is 5.91 Å². The van der Waals surface area contributed by atoms with E-state index >= 15 is 0 Å². The average molecular weight is 317 g/mol. The summed E-state index contributed by atoms with van der Waals surface area (Å²) < 4.78 is 10.8. The van der Waals surface area contributed by atoms with Gasteiger partial charge in [-0.2, -0.15) is 10.5 Å². The Labute approximate surface area is 137 Å². The van der Waals surface area contributed by atoms with Gasteiger partial charge < -0.3 is 14.5 Å². The zero-order valence-corrected chi connectivity index (χ0v) is 12.4. The molecule has 0 unspecified atom stereocenters. The molecule has 0 aliphatic carbocycles. The lowest BCUT2D eigenvalue weighted by Gasteiger charge is -2.08. The molecule has 1 amide bonds. The lowest BCUT2D eigenvalue weighted by molar-refractivity contribution is -0.118. The highest BCUT2D eigenvalue weighted by atomic mass is 16.5. The van der Waals surface area contributed by atoms with Crippen molar-refractivity contribution in [1.82, 2.24) is 0 Å². The predicted molar refractivity (Wildman–Crippen MR) is 86.2 cm³/mol. The van der Waals surface area contributed by atoms with Crippen molar-refractivity contribution in [1.29, 1.82) is 10.5 Å². The van der Waals surface area contributed by atoms with Crippen molar-refractivity contribution in [3.05, 3.63) is 59.9 Å². The summed E-state index contributed by atoms with van der Waals surface area (Å²) in [5, 5.41) is 21.4. The van der Waals surface area contributed by atoms with Gasteiger partial charge in [-0.25, -0.2) is 0 Å². The molecule has 0 spiro atoms. The lowest BCUT2D eigenvalue weighted by atomic mass is 10.2. The van der Waals surface area contributed by atoms with E-state index in [1.165, 1.54) is 0 Å². The molecule has 3 aromatic rings. The van der Waals surface area contributed by atoms with Crippen molar-refractivity contribution in [2.75, 3.05) is 11.9 Å². The van der Waals surface area contributed by atoms with Gasteiger partial charge in [-0.1, -0.05) is 24.3 Å². The van der Waals surface area contributed by atoms with Gasteiger partial charge in [-0.05, 0) is 24.3 Å². The first-order chi connectivity index (χ1) is 11.7. The topological polar surface area (TPSA) is 99.0 Å². The normalized spacial score (nSPS) is 9.92. The molecule has 0 saturated carbocycles. The standard InChI is InChI=1S/C18H11N3O3/c19-9-12-5-1-3-7-14(12)23-11-17(22)21-18-13-6-2-4-8-15(13)24-16(18)10-20/h1-8H,11H2,(H,21,22). The first-order valence-corrected chi connectivity index (χ1v) is 7.06. The Morgan fingerprint density at radius 2 is 1.83 bits per heavy atom. The van der Waals surface area contributed by atoms with Crippen LogP contribution in [-0.4, -0.2) is 12.5 Å². The van der Waals surface area contributed by atoms with Crippen LogP contribution in [0.4, 0.5) is 5.69 Å². The molecule has 1 N–H and O–H groups in total. The van der Waals surface area contributed by atoms with Crippen molar-refractivity contribution in [3.63, 3.8) is 0 Å². The van der Waals surface area contributed by atoms with Gasteiger partial charge in [0.2, 0.25) is 5.76 Å². The first kappa shape index (κ1) is 15.1. The quantitative estimate of drug-likeness (QED) is 0.796.